The largest absolute Gasteiger partial charge is 0.324 e. The lowest BCUT2D eigenvalue weighted by atomic mass is 10.2. The summed E-state index contributed by atoms with van der Waals surface area (Å²) in [5.74, 6) is 0.745. The lowest BCUT2D eigenvalue weighted by Crippen LogP contribution is -2.15. The molecule has 1 aliphatic rings. The van der Waals surface area contributed by atoms with Crippen molar-refractivity contribution in [2.45, 2.75) is 6.42 Å². The Kier molecular flexibility index (Phi) is 2.62. The lowest BCUT2D eigenvalue weighted by molar-refractivity contribution is 0.961. The van der Waals surface area contributed by atoms with Gasteiger partial charge in [-0.3, -0.25) is 0 Å². The minimum Gasteiger partial charge on any atom is -0.324 e. The molecule has 0 fully saturated rings. The summed E-state index contributed by atoms with van der Waals surface area (Å²) in [5, 5.41) is 9.49. The van der Waals surface area contributed by atoms with Gasteiger partial charge in [0.25, 0.3) is 0 Å². The predicted molar refractivity (Wildman–Crippen MR) is 68.9 cm³/mol. The second-order valence-electron chi connectivity index (χ2n) is 4.01. The molecule has 0 radical (unpaired) electrons. The molecule has 1 aliphatic heterocycles. The summed E-state index contributed by atoms with van der Waals surface area (Å²) >= 11 is 6.16. The summed E-state index contributed by atoms with van der Waals surface area (Å²) in [6.07, 6.45) is 4.00. The monoisotopic (exact) mass is 256 g/mol. The fourth-order valence-electron chi connectivity index (χ4n) is 2.15. The van der Waals surface area contributed by atoms with Crippen LogP contribution in [0.5, 0.6) is 0 Å². The number of hydrogen-bond donors (Lipinski definition) is 0. The molecule has 18 heavy (non-hydrogen) atoms. The second-order valence-corrected chi connectivity index (χ2v) is 4.42. The van der Waals surface area contributed by atoms with E-state index >= 15 is 0 Å². The summed E-state index contributed by atoms with van der Waals surface area (Å²) in [7, 11) is 0. The van der Waals surface area contributed by atoms with E-state index in [1.165, 1.54) is 6.20 Å². The zero-order valence-corrected chi connectivity index (χ0v) is 10.2. The Bertz CT molecular complexity index is 630. The molecule has 0 spiro atoms. The minimum atomic E-state index is 0.323. The number of rotatable bonds is 1. The first kappa shape index (κ1) is 11.0. The van der Waals surface area contributed by atoms with E-state index in [9.17, 15) is 0 Å². The molecule has 0 saturated heterocycles. The molecule has 2 aromatic rings. The molecule has 0 aliphatic carbocycles. The summed E-state index contributed by atoms with van der Waals surface area (Å²) < 4.78 is 0. The second kappa shape index (κ2) is 4.28. The normalized spacial score (nSPS) is 13.2. The maximum atomic E-state index is 8.70. The molecule has 1 aromatic heterocycles. The number of halogens is 1. The highest BCUT2D eigenvalue weighted by molar-refractivity contribution is 6.31. The van der Waals surface area contributed by atoms with Crippen LogP contribution in [-0.2, 0) is 6.42 Å². The Hall–Kier alpha value is -2.12. The summed E-state index contributed by atoms with van der Waals surface area (Å²) in [4.78, 5) is 10.4. The standard InChI is InChI=1S/C13H9ClN4/c14-11-2-1-3-12-10(11)4-5-18(12)13-8-16-9(6-15)7-17-13/h1-3,7-8H,4-5H2. The first-order valence-corrected chi connectivity index (χ1v) is 5.94. The Morgan fingerprint density at radius 3 is 2.89 bits per heavy atom. The van der Waals surface area contributed by atoms with Crippen molar-refractivity contribution in [2.24, 2.45) is 0 Å². The van der Waals surface area contributed by atoms with E-state index < -0.39 is 0 Å². The molecule has 2 heterocycles. The zero-order valence-electron chi connectivity index (χ0n) is 9.47. The molecule has 4 nitrogen and oxygen atoms in total. The minimum absolute atomic E-state index is 0.323. The third-order valence-corrected chi connectivity index (χ3v) is 3.35. The molecule has 5 heteroatoms. The number of nitrogens with zero attached hydrogens (tertiary/aromatic N) is 4. The number of nitriles is 1. The number of fused-ring (bicyclic) bond motifs is 1. The highest BCUT2D eigenvalue weighted by Crippen LogP contribution is 2.36. The molecular weight excluding hydrogens is 248 g/mol. The van der Waals surface area contributed by atoms with Crippen LogP contribution in [0.15, 0.2) is 30.6 Å². The van der Waals surface area contributed by atoms with Crippen LogP contribution in [-0.4, -0.2) is 16.5 Å². The van der Waals surface area contributed by atoms with Crippen molar-refractivity contribution in [3.63, 3.8) is 0 Å². The quantitative estimate of drug-likeness (QED) is 0.787. The van der Waals surface area contributed by atoms with Crippen LogP contribution in [0.25, 0.3) is 0 Å². The van der Waals surface area contributed by atoms with Gasteiger partial charge in [0.2, 0.25) is 0 Å². The fourth-order valence-corrected chi connectivity index (χ4v) is 2.41. The van der Waals surface area contributed by atoms with Gasteiger partial charge in [-0.1, -0.05) is 17.7 Å². The van der Waals surface area contributed by atoms with Gasteiger partial charge in [-0.2, -0.15) is 5.26 Å². The van der Waals surface area contributed by atoms with Gasteiger partial charge in [-0.25, -0.2) is 9.97 Å². The molecule has 3 rings (SSSR count). The Balaban J connectivity index is 2.01. The van der Waals surface area contributed by atoms with Crippen molar-refractivity contribution in [3.8, 4) is 6.07 Å². The smallest absolute Gasteiger partial charge is 0.158 e. The Labute approximate surface area is 109 Å². The van der Waals surface area contributed by atoms with Crippen LogP contribution in [0.3, 0.4) is 0 Å². The molecule has 88 valence electrons. The van der Waals surface area contributed by atoms with Crippen molar-refractivity contribution in [1.29, 1.82) is 5.26 Å². The van der Waals surface area contributed by atoms with E-state index in [2.05, 4.69) is 14.9 Å². The van der Waals surface area contributed by atoms with Crippen LogP contribution in [0.1, 0.15) is 11.3 Å². The van der Waals surface area contributed by atoms with Gasteiger partial charge >= 0.3 is 0 Å². The van der Waals surface area contributed by atoms with Crippen LogP contribution >= 0.6 is 11.6 Å². The van der Waals surface area contributed by atoms with Crippen LogP contribution in [0.4, 0.5) is 11.5 Å². The fraction of sp³-hybridized carbons (Fsp3) is 0.154. The van der Waals surface area contributed by atoms with Crippen molar-refractivity contribution in [3.05, 3.63) is 46.9 Å². The molecule has 0 amide bonds. The number of benzene rings is 1. The Morgan fingerprint density at radius 2 is 2.17 bits per heavy atom. The van der Waals surface area contributed by atoms with Crippen LogP contribution in [0, 0.1) is 11.3 Å². The zero-order chi connectivity index (χ0) is 12.5. The van der Waals surface area contributed by atoms with Crippen molar-refractivity contribution in [1.82, 2.24) is 9.97 Å². The van der Waals surface area contributed by atoms with E-state index in [1.54, 1.807) is 6.20 Å². The molecular formula is C13H9ClN4. The molecule has 0 saturated carbocycles. The van der Waals surface area contributed by atoms with Crippen molar-refractivity contribution in [2.75, 3.05) is 11.4 Å². The van der Waals surface area contributed by atoms with Crippen molar-refractivity contribution < 1.29 is 0 Å². The summed E-state index contributed by atoms with van der Waals surface area (Å²) in [6, 6.07) is 7.81. The van der Waals surface area contributed by atoms with Gasteiger partial charge in [-0.15, -0.1) is 0 Å². The first-order valence-electron chi connectivity index (χ1n) is 5.56. The number of hydrogen-bond acceptors (Lipinski definition) is 4. The van der Waals surface area contributed by atoms with E-state index in [0.29, 0.717) is 5.69 Å². The van der Waals surface area contributed by atoms with Gasteiger partial charge in [0.1, 0.15) is 6.07 Å². The predicted octanol–water partition coefficient (Wildman–Crippen LogP) is 2.70. The average molecular weight is 257 g/mol. The maximum absolute atomic E-state index is 8.70. The third-order valence-electron chi connectivity index (χ3n) is 3.00. The van der Waals surface area contributed by atoms with E-state index in [0.717, 1.165) is 35.1 Å². The Morgan fingerprint density at radius 1 is 1.28 bits per heavy atom. The van der Waals surface area contributed by atoms with Gasteiger partial charge in [0.15, 0.2) is 11.5 Å². The number of anilines is 2. The van der Waals surface area contributed by atoms with E-state index in [1.807, 2.05) is 24.3 Å². The van der Waals surface area contributed by atoms with Gasteiger partial charge < -0.3 is 4.90 Å². The van der Waals surface area contributed by atoms with E-state index in [-0.39, 0.29) is 0 Å². The molecule has 0 N–H and O–H groups in total. The SMILES string of the molecule is N#Cc1cnc(N2CCc3c(Cl)cccc32)cn1. The van der Waals surface area contributed by atoms with Crippen LogP contribution < -0.4 is 4.90 Å². The lowest BCUT2D eigenvalue weighted by Gasteiger charge is -2.17. The number of aromatic nitrogens is 2. The van der Waals surface area contributed by atoms with Crippen molar-refractivity contribution >= 4 is 23.1 Å². The summed E-state index contributed by atoms with van der Waals surface area (Å²) in [6.45, 7) is 0.833. The molecule has 1 aromatic carbocycles. The molecule has 0 bridgehead atoms. The highest BCUT2D eigenvalue weighted by atomic mass is 35.5. The van der Waals surface area contributed by atoms with Gasteiger partial charge in [-0.05, 0) is 24.1 Å². The van der Waals surface area contributed by atoms with Crippen LogP contribution in [0.2, 0.25) is 5.02 Å². The topological polar surface area (TPSA) is 52.8 Å². The maximum Gasteiger partial charge on any atom is 0.158 e. The highest BCUT2D eigenvalue weighted by Gasteiger charge is 2.23. The molecule has 0 atom stereocenters. The third kappa shape index (κ3) is 1.69. The molecule has 0 unspecified atom stereocenters. The van der Waals surface area contributed by atoms with E-state index in [4.69, 9.17) is 16.9 Å². The van der Waals surface area contributed by atoms with Gasteiger partial charge in [0, 0.05) is 17.3 Å². The summed E-state index contributed by atoms with van der Waals surface area (Å²) in [5.41, 5.74) is 2.54. The average Bonchev–Trinajstić information content (AvgIpc) is 2.84. The first-order chi connectivity index (χ1) is 8.79. The van der Waals surface area contributed by atoms with Gasteiger partial charge in [0.05, 0.1) is 12.4 Å².